The molecule has 15 heavy (non-hydrogen) atoms. The fourth-order valence-electron chi connectivity index (χ4n) is 1.28. The van der Waals surface area contributed by atoms with E-state index in [4.69, 9.17) is 15.2 Å². The third-order valence-electron chi connectivity index (χ3n) is 2.02. The highest BCUT2D eigenvalue weighted by molar-refractivity contribution is 5.48. The van der Waals surface area contributed by atoms with Crippen LogP contribution in [0.3, 0.4) is 0 Å². The number of hydrogen-bond acceptors (Lipinski definition) is 3. The van der Waals surface area contributed by atoms with Crippen molar-refractivity contribution in [2.45, 2.75) is 20.5 Å². The van der Waals surface area contributed by atoms with E-state index in [0.717, 1.165) is 17.9 Å². The second-order valence-electron chi connectivity index (χ2n) is 3.98. The van der Waals surface area contributed by atoms with E-state index in [2.05, 4.69) is 13.8 Å². The Labute approximate surface area is 91.2 Å². The Morgan fingerprint density at radius 2 is 2.07 bits per heavy atom. The smallest absolute Gasteiger partial charge is 0.126 e. The van der Waals surface area contributed by atoms with E-state index < -0.39 is 0 Å². The van der Waals surface area contributed by atoms with E-state index in [0.29, 0.717) is 18.2 Å². The molecule has 0 aliphatic heterocycles. The lowest BCUT2D eigenvalue weighted by atomic mass is 10.2. The molecule has 1 aromatic rings. The van der Waals surface area contributed by atoms with Crippen molar-refractivity contribution in [2.75, 3.05) is 19.5 Å². The molecule has 84 valence electrons. The second kappa shape index (κ2) is 5.61. The van der Waals surface area contributed by atoms with Crippen LogP contribution in [0, 0.1) is 5.92 Å². The van der Waals surface area contributed by atoms with Crippen molar-refractivity contribution in [3.8, 4) is 5.75 Å². The van der Waals surface area contributed by atoms with Gasteiger partial charge in [-0.25, -0.2) is 0 Å². The molecule has 1 rings (SSSR count). The summed E-state index contributed by atoms with van der Waals surface area (Å²) in [6, 6.07) is 5.61. The van der Waals surface area contributed by atoms with E-state index in [-0.39, 0.29) is 0 Å². The molecule has 0 amide bonds. The Kier molecular flexibility index (Phi) is 4.43. The van der Waals surface area contributed by atoms with Crippen LogP contribution in [0.4, 0.5) is 5.69 Å². The molecular weight excluding hydrogens is 190 g/mol. The number of rotatable bonds is 5. The maximum atomic E-state index is 5.66. The van der Waals surface area contributed by atoms with Gasteiger partial charge in [0.05, 0.1) is 13.7 Å². The Hall–Kier alpha value is -1.22. The van der Waals surface area contributed by atoms with Crippen molar-refractivity contribution < 1.29 is 9.47 Å². The molecule has 0 atom stereocenters. The van der Waals surface area contributed by atoms with Gasteiger partial charge in [0.2, 0.25) is 0 Å². The lowest BCUT2D eigenvalue weighted by Crippen LogP contribution is -2.03. The molecule has 3 nitrogen and oxygen atoms in total. The van der Waals surface area contributed by atoms with E-state index in [1.54, 1.807) is 7.11 Å². The summed E-state index contributed by atoms with van der Waals surface area (Å²) in [6.45, 7) is 5.58. The number of anilines is 1. The summed E-state index contributed by atoms with van der Waals surface area (Å²) in [5.74, 6) is 1.34. The first kappa shape index (κ1) is 11.9. The number of benzene rings is 1. The van der Waals surface area contributed by atoms with Crippen LogP contribution in [0.25, 0.3) is 0 Å². The molecule has 0 saturated heterocycles. The molecule has 2 N–H and O–H groups in total. The average molecular weight is 209 g/mol. The molecular formula is C12H19NO2. The summed E-state index contributed by atoms with van der Waals surface area (Å²) in [4.78, 5) is 0. The van der Waals surface area contributed by atoms with Gasteiger partial charge in [0.25, 0.3) is 0 Å². The van der Waals surface area contributed by atoms with Gasteiger partial charge in [0, 0.05) is 23.9 Å². The fourth-order valence-corrected chi connectivity index (χ4v) is 1.28. The van der Waals surface area contributed by atoms with Gasteiger partial charge in [0.1, 0.15) is 5.75 Å². The second-order valence-corrected chi connectivity index (χ2v) is 3.98. The molecule has 0 unspecified atom stereocenters. The molecule has 0 fully saturated rings. The van der Waals surface area contributed by atoms with Gasteiger partial charge in [-0.05, 0) is 12.0 Å². The van der Waals surface area contributed by atoms with Crippen LogP contribution >= 0.6 is 0 Å². The minimum absolute atomic E-state index is 0.546. The zero-order valence-electron chi connectivity index (χ0n) is 9.62. The Morgan fingerprint density at radius 1 is 1.33 bits per heavy atom. The summed E-state index contributed by atoms with van der Waals surface area (Å²) in [7, 11) is 1.64. The lowest BCUT2D eigenvalue weighted by molar-refractivity contribution is 0.0955. The summed E-state index contributed by atoms with van der Waals surface area (Å²) in [5.41, 5.74) is 7.40. The molecule has 3 heteroatoms. The summed E-state index contributed by atoms with van der Waals surface area (Å²) in [5, 5.41) is 0. The summed E-state index contributed by atoms with van der Waals surface area (Å²) in [6.07, 6.45) is 0. The van der Waals surface area contributed by atoms with Crippen molar-refractivity contribution in [1.82, 2.24) is 0 Å². The van der Waals surface area contributed by atoms with Gasteiger partial charge in [-0.15, -0.1) is 0 Å². The quantitative estimate of drug-likeness (QED) is 0.757. The van der Waals surface area contributed by atoms with Crippen molar-refractivity contribution in [3.05, 3.63) is 23.8 Å². The van der Waals surface area contributed by atoms with Crippen molar-refractivity contribution in [3.63, 3.8) is 0 Å². The first-order valence-corrected chi connectivity index (χ1v) is 5.13. The number of hydrogen-bond donors (Lipinski definition) is 1. The highest BCUT2D eigenvalue weighted by Crippen LogP contribution is 2.22. The zero-order chi connectivity index (χ0) is 11.3. The van der Waals surface area contributed by atoms with E-state index in [1.807, 2.05) is 18.2 Å². The maximum absolute atomic E-state index is 5.66. The van der Waals surface area contributed by atoms with Crippen LogP contribution in [0.15, 0.2) is 18.2 Å². The van der Waals surface area contributed by atoms with Crippen LogP contribution in [0.5, 0.6) is 5.75 Å². The van der Waals surface area contributed by atoms with Crippen molar-refractivity contribution >= 4 is 5.69 Å². The molecule has 0 radical (unpaired) electrons. The van der Waals surface area contributed by atoms with E-state index >= 15 is 0 Å². The first-order valence-electron chi connectivity index (χ1n) is 5.13. The Bertz CT molecular complexity index is 310. The predicted octanol–water partition coefficient (Wildman–Crippen LogP) is 2.45. The van der Waals surface area contributed by atoms with Gasteiger partial charge < -0.3 is 15.2 Å². The van der Waals surface area contributed by atoms with Gasteiger partial charge in [-0.2, -0.15) is 0 Å². The molecule has 0 aliphatic carbocycles. The van der Waals surface area contributed by atoms with Crippen LogP contribution < -0.4 is 10.5 Å². The molecule has 0 bridgehead atoms. The van der Waals surface area contributed by atoms with Gasteiger partial charge in [-0.3, -0.25) is 0 Å². The average Bonchev–Trinajstić information content (AvgIpc) is 2.19. The fraction of sp³-hybridized carbons (Fsp3) is 0.500. The highest BCUT2D eigenvalue weighted by Gasteiger charge is 2.03. The molecule has 1 aromatic carbocycles. The molecule has 0 aromatic heterocycles. The molecule has 0 spiro atoms. The Morgan fingerprint density at radius 3 is 2.67 bits per heavy atom. The molecule has 0 aliphatic rings. The normalized spacial score (nSPS) is 10.7. The van der Waals surface area contributed by atoms with Crippen molar-refractivity contribution in [2.24, 2.45) is 5.92 Å². The number of nitrogen functional groups attached to an aromatic ring is 1. The maximum Gasteiger partial charge on any atom is 0.126 e. The SMILES string of the molecule is COc1cc(N)ccc1COCC(C)C. The topological polar surface area (TPSA) is 44.5 Å². The standard InChI is InChI=1S/C12H19NO2/c1-9(2)7-15-8-10-4-5-11(13)6-12(10)14-3/h4-6,9H,7-8,13H2,1-3H3. The van der Waals surface area contributed by atoms with Crippen LogP contribution in [0.1, 0.15) is 19.4 Å². The third-order valence-corrected chi connectivity index (χ3v) is 2.02. The number of nitrogens with two attached hydrogens (primary N) is 1. The predicted molar refractivity (Wildman–Crippen MR) is 61.9 cm³/mol. The summed E-state index contributed by atoms with van der Waals surface area (Å²) < 4.78 is 10.8. The van der Waals surface area contributed by atoms with Gasteiger partial charge in [0.15, 0.2) is 0 Å². The largest absolute Gasteiger partial charge is 0.496 e. The Balaban J connectivity index is 2.60. The van der Waals surface area contributed by atoms with Crippen LogP contribution in [-0.2, 0) is 11.3 Å². The summed E-state index contributed by atoms with van der Waals surface area (Å²) >= 11 is 0. The highest BCUT2D eigenvalue weighted by atomic mass is 16.5. The molecule has 0 saturated carbocycles. The lowest BCUT2D eigenvalue weighted by Gasteiger charge is -2.11. The number of ether oxygens (including phenoxy) is 2. The van der Waals surface area contributed by atoms with Crippen molar-refractivity contribution in [1.29, 1.82) is 0 Å². The van der Waals surface area contributed by atoms with E-state index in [1.165, 1.54) is 0 Å². The van der Waals surface area contributed by atoms with E-state index in [9.17, 15) is 0 Å². The molecule has 0 heterocycles. The van der Waals surface area contributed by atoms with Gasteiger partial charge in [-0.1, -0.05) is 19.9 Å². The zero-order valence-corrected chi connectivity index (χ0v) is 9.62. The number of methoxy groups -OCH3 is 1. The minimum Gasteiger partial charge on any atom is -0.496 e. The third kappa shape index (κ3) is 3.80. The van der Waals surface area contributed by atoms with Crippen LogP contribution in [-0.4, -0.2) is 13.7 Å². The van der Waals surface area contributed by atoms with Crippen LogP contribution in [0.2, 0.25) is 0 Å². The first-order chi connectivity index (χ1) is 7.13. The minimum atomic E-state index is 0.546. The van der Waals surface area contributed by atoms with Gasteiger partial charge >= 0.3 is 0 Å². The monoisotopic (exact) mass is 209 g/mol.